The summed E-state index contributed by atoms with van der Waals surface area (Å²) in [5, 5.41) is 0. The van der Waals surface area contributed by atoms with Gasteiger partial charge in [-0.05, 0) is 31.4 Å². The molecule has 1 aromatic rings. The van der Waals surface area contributed by atoms with E-state index in [1.165, 1.54) is 12.1 Å². The molecule has 1 aliphatic heterocycles. The summed E-state index contributed by atoms with van der Waals surface area (Å²) in [6.45, 7) is 10.7. The summed E-state index contributed by atoms with van der Waals surface area (Å²) in [6.07, 6.45) is 0. The molecule has 1 aliphatic rings. The van der Waals surface area contributed by atoms with E-state index in [0.29, 0.717) is 18.0 Å². The summed E-state index contributed by atoms with van der Waals surface area (Å²) >= 11 is 0. The minimum absolute atomic E-state index is 0.136. The second-order valence-corrected chi connectivity index (χ2v) is 5.07. The predicted molar refractivity (Wildman–Crippen MR) is 77.8 cm³/mol. The van der Waals surface area contributed by atoms with Gasteiger partial charge in [-0.2, -0.15) is 0 Å². The standard InChI is InChI=1S/C12H17BFNO2.C2H6/c1-8-7-16-13(17-12(8,2)3)9-4-5-11(15)10(14)6-9;1-2/h4-6,8H,7,15H2,1-3H3;1-2H3. The third-order valence-corrected chi connectivity index (χ3v) is 3.39. The van der Waals surface area contributed by atoms with Crippen molar-refractivity contribution in [1.82, 2.24) is 0 Å². The Bertz CT molecular complexity index is 426. The Morgan fingerprint density at radius 3 is 2.53 bits per heavy atom. The Hall–Kier alpha value is -1.07. The van der Waals surface area contributed by atoms with Crippen molar-refractivity contribution in [3.05, 3.63) is 24.0 Å². The minimum Gasteiger partial charge on any atom is -0.407 e. The van der Waals surface area contributed by atoms with E-state index in [0.717, 1.165) is 0 Å². The molecule has 2 rings (SSSR count). The van der Waals surface area contributed by atoms with Gasteiger partial charge in [0.05, 0.1) is 11.3 Å². The smallest absolute Gasteiger partial charge is 0.407 e. The molecular weight excluding hydrogens is 244 g/mol. The van der Waals surface area contributed by atoms with Crippen molar-refractivity contribution in [1.29, 1.82) is 0 Å². The first-order chi connectivity index (χ1) is 8.90. The van der Waals surface area contributed by atoms with Crippen LogP contribution in [0, 0.1) is 11.7 Å². The molecule has 0 spiro atoms. The van der Waals surface area contributed by atoms with Gasteiger partial charge >= 0.3 is 7.12 Å². The van der Waals surface area contributed by atoms with E-state index in [-0.39, 0.29) is 11.3 Å². The molecular formula is C14H23BFNO2. The molecule has 0 radical (unpaired) electrons. The van der Waals surface area contributed by atoms with Crippen LogP contribution in [0.25, 0.3) is 0 Å². The van der Waals surface area contributed by atoms with Crippen molar-refractivity contribution >= 4 is 18.3 Å². The summed E-state index contributed by atoms with van der Waals surface area (Å²) in [6, 6.07) is 4.63. The van der Waals surface area contributed by atoms with Crippen LogP contribution in [0.4, 0.5) is 10.1 Å². The summed E-state index contributed by atoms with van der Waals surface area (Å²) < 4.78 is 24.8. The quantitative estimate of drug-likeness (QED) is 0.628. The Labute approximate surface area is 115 Å². The van der Waals surface area contributed by atoms with Gasteiger partial charge < -0.3 is 15.0 Å². The molecule has 0 aliphatic carbocycles. The number of anilines is 1. The number of hydrogen-bond donors (Lipinski definition) is 1. The summed E-state index contributed by atoms with van der Waals surface area (Å²) in [5.41, 5.74) is 5.96. The normalized spacial score (nSPS) is 21.6. The lowest BCUT2D eigenvalue weighted by Crippen LogP contribution is -2.53. The first kappa shape index (κ1) is 16.0. The fourth-order valence-corrected chi connectivity index (χ4v) is 1.71. The average molecular weight is 267 g/mol. The molecule has 3 nitrogen and oxygen atoms in total. The van der Waals surface area contributed by atoms with Crippen LogP contribution in [-0.4, -0.2) is 19.3 Å². The molecule has 19 heavy (non-hydrogen) atoms. The van der Waals surface area contributed by atoms with E-state index >= 15 is 0 Å². The Balaban J connectivity index is 0.000000861. The lowest BCUT2D eigenvalue weighted by Gasteiger charge is -2.40. The zero-order valence-electron chi connectivity index (χ0n) is 12.4. The fraction of sp³-hybridized carbons (Fsp3) is 0.571. The molecule has 1 aromatic carbocycles. The summed E-state index contributed by atoms with van der Waals surface area (Å²) in [7, 11) is -0.517. The van der Waals surface area contributed by atoms with Gasteiger partial charge in [0.15, 0.2) is 0 Å². The lowest BCUT2D eigenvalue weighted by molar-refractivity contribution is -0.0367. The summed E-state index contributed by atoms with van der Waals surface area (Å²) in [4.78, 5) is 0. The van der Waals surface area contributed by atoms with Crippen LogP contribution in [0.1, 0.15) is 34.6 Å². The third-order valence-electron chi connectivity index (χ3n) is 3.39. The number of nitrogens with two attached hydrogens (primary N) is 1. The van der Waals surface area contributed by atoms with Gasteiger partial charge in [-0.3, -0.25) is 0 Å². The highest BCUT2D eigenvalue weighted by molar-refractivity contribution is 6.61. The van der Waals surface area contributed by atoms with Crippen molar-refractivity contribution in [2.75, 3.05) is 12.3 Å². The average Bonchev–Trinajstić information content (AvgIpc) is 2.38. The second-order valence-electron chi connectivity index (χ2n) is 5.07. The number of nitrogen functional groups attached to an aromatic ring is 1. The molecule has 1 unspecified atom stereocenters. The maximum absolute atomic E-state index is 13.4. The zero-order valence-corrected chi connectivity index (χ0v) is 12.4. The Morgan fingerprint density at radius 2 is 2.00 bits per heavy atom. The highest BCUT2D eigenvalue weighted by Gasteiger charge is 2.39. The van der Waals surface area contributed by atoms with Crippen molar-refractivity contribution < 1.29 is 13.7 Å². The van der Waals surface area contributed by atoms with Crippen molar-refractivity contribution in [2.45, 2.75) is 40.2 Å². The van der Waals surface area contributed by atoms with Crippen LogP contribution in [0.5, 0.6) is 0 Å². The Kier molecular flexibility index (Phi) is 5.38. The van der Waals surface area contributed by atoms with Crippen molar-refractivity contribution in [2.24, 2.45) is 5.92 Å². The molecule has 0 bridgehead atoms. The first-order valence-electron chi connectivity index (χ1n) is 6.74. The molecule has 1 atom stereocenters. The van der Waals surface area contributed by atoms with Gasteiger partial charge in [-0.25, -0.2) is 4.39 Å². The van der Waals surface area contributed by atoms with E-state index in [1.807, 2.05) is 27.7 Å². The molecule has 0 saturated carbocycles. The van der Waals surface area contributed by atoms with Crippen LogP contribution in [0.15, 0.2) is 18.2 Å². The first-order valence-corrected chi connectivity index (χ1v) is 6.74. The fourth-order valence-electron chi connectivity index (χ4n) is 1.71. The largest absolute Gasteiger partial charge is 0.494 e. The van der Waals surface area contributed by atoms with Crippen LogP contribution in [0.3, 0.4) is 0 Å². The van der Waals surface area contributed by atoms with Gasteiger partial charge in [-0.15, -0.1) is 0 Å². The molecule has 1 heterocycles. The van der Waals surface area contributed by atoms with Crippen LogP contribution in [0.2, 0.25) is 0 Å². The van der Waals surface area contributed by atoms with E-state index < -0.39 is 12.9 Å². The molecule has 1 saturated heterocycles. The van der Waals surface area contributed by atoms with Crippen molar-refractivity contribution in [3.8, 4) is 0 Å². The topological polar surface area (TPSA) is 44.5 Å². The lowest BCUT2D eigenvalue weighted by atomic mass is 9.74. The van der Waals surface area contributed by atoms with Crippen LogP contribution >= 0.6 is 0 Å². The highest BCUT2D eigenvalue weighted by atomic mass is 19.1. The monoisotopic (exact) mass is 267 g/mol. The van der Waals surface area contributed by atoms with E-state index in [4.69, 9.17) is 15.0 Å². The molecule has 106 valence electrons. The molecule has 2 N–H and O–H groups in total. The van der Waals surface area contributed by atoms with E-state index in [1.54, 1.807) is 6.07 Å². The minimum atomic E-state index is -0.517. The molecule has 5 heteroatoms. The van der Waals surface area contributed by atoms with Crippen LogP contribution in [-0.2, 0) is 9.31 Å². The number of rotatable bonds is 1. The molecule has 0 aromatic heterocycles. The van der Waals surface area contributed by atoms with E-state index in [2.05, 4.69) is 6.92 Å². The highest BCUT2D eigenvalue weighted by Crippen LogP contribution is 2.27. The number of benzene rings is 1. The van der Waals surface area contributed by atoms with Crippen LogP contribution < -0.4 is 11.2 Å². The van der Waals surface area contributed by atoms with Crippen molar-refractivity contribution in [3.63, 3.8) is 0 Å². The predicted octanol–water partition coefficient (Wildman–Crippen LogP) is 2.59. The van der Waals surface area contributed by atoms with Gasteiger partial charge in [0.25, 0.3) is 0 Å². The maximum atomic E-state index is 13.4. The molecule has 1 fully saturated rings. The molecule has 0 amide bonds. The second kappa shape index (κ2) is 6.39. The van der Waals surface area contributed by atoms with Gasteiger partial charge in [0.1, 0.15) is 5.82 Å². The third kappa shape index (κ3) is 3.70. The number of halogens is 1. The van der Waals surface area contributed by atoms with Gasteiger partial charge in [-0.1, -0.05) is 26.8 Å². The summed E-state index contributed by atoms with van der Waals surface area (Å²) in [5.74, 6) is -0.136. The maximum Gasteiger partial charge on any atom is 0.494 e. The SMILES string of the molecule is CC.CC1COB(c2ccc(N)c(F)c2)OC1(C)C. The van der Waals surface area contributed by atoms with E-state index in [9.17, 15) is 4.39 Å². The van der Waals surface area contributed by atoms with Gasteiger partial charge in [0, 0.05) is 12.5 Å². The van der Waals surface area contributed by atoms with Gasteiger partial charge in [0.2, 0.25) is 0 Å². The Morgan fingerprint density at radius 1 is 1.37 bits per heavy atom. The number of hydrogen-bond acceptors (Lipinski definition) is 3. The zero-order chi connectivity index (χ0) is 14.6.